The van der Waals surface area contributed by atoms with Gasteiger partial charge in [-0.25, -0.2) is 0 Å². The molecule has 6 nitrogen and oxygen atoms in total. The second-order valence-electron chi connectivity index (χ2n) is 8.24. The molecule has 0 radical (unpaired) electrons. The summed E-state index contributed by atoms with van der Waals surface area (Å²) in [7, 11) is 0. The lowest BCUT2D eigenvalue weighted by molar-refractivity contribution is 0.289. The lowest BCUT2D eigenvalue weighted by atomic mass is 10.1. The van der Waals surface area contributed by atoms with Gasteiger partial charge in [0, 0.05) is 6.42 Å². The Morgan fingerprint density at radius 3 is 2.47 bits per heavy atom. The Morgan fingerprint density at radius 2 is 1.78 bits per heavy atom. The second-order valence-corrected chi connectivity index (χ2v) is 9.25. The van der Waals surface area contributed by atoms with Gasteiger partial charge in [0.1, 0.15) is 11.4 Å². The van der Waals surface area contributed by atoms with Gasteiger partial charge >= 0.3 is 0 Å². The smallest absolute Gasteiger partial charge is 0.296 e. The Balaban J connectivity index is 1.60. The van der Waals surface area contributed by atoms with Crippen molar-refractivity contribution in [3.63, 3.8) is 0 Å². The van der Waals surface area contributed by atoms with Gasteiger partial charge < -0.3 is 4.74 Å². The molecule has 2 heterocycles. The van der Waals surface area contributed by atoms with Crippen LogP contribution in [0.15, 0.2) is 58.1 Å². The van der Waals surface area contributed by atoms with Crippen molar-refractivity contribution in [1.82, 2.24) is 14.6 Å². The van der Waals surface area contributed by atoms with E-state index in [0.717, 1.165) is 40.2 Å². The summed E-state index contributed by atoms with van der Waals surface area (Å²) in [5.74, 6) is 1.40. The summed E-state index contributed by atoms with van der Waals surface area (Å²) >= 11 is 1.16. The molecule has 2 aromatic heterocycles. The van der Waals surface area contributed by atoms with Crippen LogP contribution in [0.25, 0.3) is 11.0 Å². The highest BCUT2D eigenvalue weighted by Gasteiger charge is 2.12. The van der Waals surface area contributed by atoms with Gasteiger partial charge in [-0.1, -0.05) is 67.1 Å². The number of aromatic nitrogens is 3. The third kappa shape index (κ3) is 5.11. The molecule has 0 atom stereocenters. The lowest BCUT2D eigenvalue weighted by Crippen LogP contribution is -2.28. The van der Waals surface area contributed by atoms with Crippen molar-refractivity contribution >= 4 is 22.4 Å². The molecule has 0 bridgehead atoms. The van der Waals surface area contributed by atoms with Crippen molar-refractivity contribution in [1.29, 1.82) is 0 Å². The third-order valence-electron chi connectivity index (χ3n) is 5.08. The topological polar surface area (TPSA) is 73.6 Å². The summed E-state index contributed by atoms with van der Waals surface area (Å²) in [6.07, 6.45) is 3.12. The predicted molar refractivity (Wildman–Crippen MR) is 128 cm³/mol. The van der Waals surface area contributed by atoms with Crippen LogP contribution in [0.4, 0.5) is 0 Å². The van der Waals surface area contributed by atoms with Crippen LogP contribution in [0.2, 0.25) is 0 Å². The van der Waals surface area contributed by atoms with Crippen LogP contribution in [0, 0.1) is 12.8 Å². The van der Waals surface area contributed by atoms with E-state index in [1.54, 1.807) is 6.08 Å². The number of benzene rings is 2. The van der Waals surface area contributed by atoms with Gasteiger partial charge in [-0.3, -0.25) is 9.59 Å². The Morgan fingerprint density at radius 1 is 1.06 bits per heavy atom. The molecule has 0 aliphatic rings. The molecule has 0 spiro atoms. The summed E-state index contributed by atoms with van der Waals surface area (Å²) < 4.78 is 7.45. The summed E-state index contributed by atoms with van der Waals surface area (Å²) in [6, 6.07) is 15.5. The molecule has 164 valence electrons. The van der Waals surface area contributed by atoms with E-state index in [4.69, 9.17) is 4.74 Å². The van der Waals surface area contributed by atoms with Crippen molar-refractivity contribution in [2.24, 2.45) is 5.92 Å². The minimum Gasteiger partial charge on any atom is -0.494 e. The fourth-order valence-electron chi connectivity index (χ4n) is 3.18. The number of thiazole rings is 1. The highest BCUT2D eigenvalue weighted by molar-refractivity contribution is 7.15. The third-order valence-corrected chi connectivity index (χ3v) is 6.04. The van der Waals surface area contributed by atoms with Crippen molar-refractivity contribution < 1.29 is 4.74 Å². The molecular weight excluding hydrogens is 422 g/mol. The maximum absolute atomic E-state index is 12.9. The van der Waals surface area contributed by atoms with Crippen LogP contribution < -0.4 is 20.4 Å². The minimum absolute atomic E-state index is 0.260. The molecule has 0 fully saturated rings. The van der Waals surface area contributed by atoms with Crippen LogP contribution in [0.3, 0.4) is 0 Å². The van der Waals surface area contributed by atoms with Crippen LogP contribution in [-0.2, 0) is 6.42 Å². The van der Waals surface area contributed by atoms with Gasteiger partial charge in [0.2, 0.25) is 4.96 Å². The van der Waals surface area contributed by atoms with Gasteiger partial charge in [0.15, 0.2) is 0 Å². The molecule has 0 aliphatic carbocycles. The molecule has 0 N–H and O–H groups in total. The van der Waals surface area contributed by atoms with Crippen LogP contribution in [-0.4, -0.2) is 21.2 Å². The molecule has 0 amide bonds. The zero-order chi connectivity index (χ0) is 22.7. The predicted octanol–water partition coefficient (Wildman–Crippen LogP) is 3.38. The fourth-order valence-corrected chi connectivity index (χ4v) is 4.08. The second kappa shape index (κ2) is 9.44. The SMILES string of the molecule is Cc1ccc(Cc2nn3c(=O)/c(=C\c4ccc(OCCC(C)C)cc4)sc3nc2=O)cc1. The standard InChI is InChI=1S/C25H25N3O3S/c1-16(2)12-13-31-20-10-8-19(9-11-20)15-22-24(30)28-25(32-22)26-23(29)21(27-28)14-18-6-4-17(3)5-7-18/h4-11,15-16H,12-14H2,1-3H3/b22-15+. The maximum atomic E-state index is 12.9. The summed E-state index contributed by atoms with van der Waals surface area (Å²) in [5, 5.41) is 4.32. The van der Waals surface area contributed by atoms with E-state index in [0.29, 0.717) is 28.4 Å². The number of aryl methyl sites for hydroxylation is 1. The molecular formula is C25H25N3O3S. The maximum Gasteiger partial charge on any atom is 0.296 e. The van der Waals surface area contributed by atoms with Gasteiger partial charge in [0.25, 0.3) is 11.1 Å². The largest absolute Gasteiger partial charge is 0.494 e. The van der Waals surface area contributed by atoms with E-state index in [2.05, 4.69) is 23.9 Å². The molecule has 0 saturated heterocycles. The zero-order valence-electron chi connectivity index (χ0n) is 18.4. The Labute approximate surface area is 189 Å². The molecule has 0 saturated carbocycles. The first kappa shape index (κ1) is 21.9. The quantitative estimate of drug-likeness (QED) is 0.434. The molecule has 32 heavy (non-hydrogen) atoms. The normalized spacial score (nSPS) is 12.1. The average Bonchev–Trinajstić information content (AvgIpc) is 3.05. The first-order chi connectivity index (χ1) is 15.4. The van der Waals surface area contributed by atoms with Gasteiger partial charge in [0.05, 0.1) is 11.1 Å². The highest BCUT2D eigenvalue weighted by Crippen LogP contribution is 2.14. The fraction of sp³-hybridized carbons (Fsp3) is 0.280. The lowest BCUT2D eigenvalue weighted by Gasteiger charge is -2.07. The van der Waals surface area contributed by atoms with E-state index in [9.17, 15) is 9.59 Å². The van der Waals surface area contributed by atoms with Gasteiger partial charge in [-0.05, 0) is 48.6 Å². The molecule has 4 aromatic rings. The molecule has 2 aromatic carbocycles. The van der Waals surface area contributed by atoms with Gasteiger partial charge in [-0.15, -0.1) is 0 Å². The number of nitrogens with zero attached hydrogens (tertiary/aromatic N) is 3. The van der Waals surface area contributed by atoms with E-state index in [1.807, 2.05) is 55.5 Å². The van der Waals surface area contributed by atoms with E-state index in [1.165, 1.54) is 4.52 Å². The Bertz CT molecular complexity index is 1390. The molecule has 7 heteroatoms. The molecule has 4 rings (SSSR count). The monoisotopic (exact) mass is 447 g/mol. The van der Waals surface area contributed by atoms with E-state index in [-0.39, 0.29) is 11.3 Å². The Kier molecular flexibility index (Phi) is 6.46. The number of ether oxygens (including phenoxy) is 1. The van der Waals surface area contributed by atoms with E-state index < -0.39 is 5.56 Å². The summed E-state index contributed by atoms with van der Waals surface area (Å²) in [6.45, 7) is 7.01. The van der Waals surface area contributed by atoms with Crippen LogP contribution >= 0.6 is 11.3 Å². The zero-order valence-corrected chi connectivity index (χ0v) is 19.2. The first-order valence-electron chi connectivity index (χ1n) is 10.6. The Hall–Kier alpha value is -3.32. The number of fused-ring (bicyclic) bond motifs is 1. The number of hydrogen-bond acceptors (Lipinski definition) is 6. The van der Waals surface area contributed by atoms with Crippen LogP contribution in [0.1, 0.15) is 42.7 Å². The first-order valence-corrected chi connectivity index (χ1v) is 11.4. The molecule has 0 aliphatic heterocycles. The van der Waals surface area contributed by atoms with E-state index >= 15 is 0 Å². The molecule has 0 unspecified atom stereocenters. The summed E-state index contributed by atoms with van der Waals surface area (Å²) in [5.41, 5.74) is 2.54. The number of rotatable bonds is 7. The van der Waals surface area contributed by atoms with Crippen molar-refractivity contribution in [2.45, 2.75) is 33.6 Å². The van der Waals surface area contributed by atoms with Crippen LogP contribution in [0.5, 0.6) is 5.75 Å². The van der Waals surface area contributed by atoms with Crippen molar-refractivity contribution in [2.75, 3.05) is 6.61 Å². The minimum atomic E-state index is -0.402. The van der Waals surface area contributed by atoms with Crippen molar-refractivity contribution in [3.8, 4) is 5.75 Å². The highest BCUT2D eigenvalue weighted by atomic mass is 32.1. The average molecular weight is 448 g/mol. The van der Waals surface area contributed by atoms with Gasteiger partial charge in [-0.2, -0.15) is 14.6 Å². The number of hydrogen-bond donors (Lipinski definition) is 0. The summed E-state index contributed by atoms with van der Waals surface area (Å²) in [4.78, 5) is 29.7. The van der Waals surface area contributed by atoms with Crippen molar-refractivity contribution in [3.05, 3.63) is 96.2 Å².